The summed E-state index contributed by atoms with van der Waals surface area (Å²) in [5, 5.41) is 20.9. The van der Waals surface area contributed by atoms with Gasteiger partial charge in [0.2, 0.25) is 5.95 Å². The van der Waals surface area contributed by atoms with E-state index in [0.29, 0.717) is 16.9 Å². The maximum atomic E-state index is 13.3. The number of aromatic nitrogens is 7. The highest BCUT2D eigenvalue weighted by Gasteiger charge is 2.43. The van der Waals surface area contributed by atoms with Crippen LogP contribution in [0, 0.1) is 0 Å². The van der Waals surface area contributed by atoms with Gasteiger partial charge in [0.25, 0.3) is 5.56 Å². The van der Waals surface area contributed by atoms with Crippen LogP contribution >= 0.6 is 19.0 Å². The predicted octanol–water partition coefficient (Wildman–Crippen LogP) is 0.0968. The van der Waals surface area contributed by atoms with Crippen LogP contribution in [0.5, 0.6) is 0 Å². The van der Waals surface area contributed by atoms with Gasteiger partial charge in [0, 0.05) is 19.0 Å². The summed E-state index contributed by atoms with van der Waals surface area (Å²) in [5.74, 6) is 0.191. The SMILES string of the molecule is Nc1nc2c(ncn2[C@@H]2O[C@H](CO)C[C@H]2O[P@](=O)(S)OCC2O[C@@H](n3ccc4c(N)ncnc43)C[C@@H]2O)c(=O)[nH]1. The third-order valence-corrected chi connectivity index (χ3v) is 8.44. The summed E-state index contributed by atoms with van der Waals surface area (Å²) in [6.45, 7) is -4.69. The van der Waals surface area contributed by atoms with Gasteiger partial charge in [0.15, 0.2) is 17.4 Å². The highest BCUT2D eigenvalue weighted by Crippen LogP contribution is 2.57. The standard InChI is InChI=1S/C21H26N9O8PS/c22-16-10-1-2-29(17(10)25-7-24-16)14-4-11(32)13(37-14)6-35-39(34,40)38-12-3-9(5-31)36-20(12)30-8-26-15-18(30)27-21(23)28-19(15)33/h1-2,7-9,11-14,20,31-32H,3-6H2,(H,34,40)(H2,22,24,25)(H3,23,27,28,33)/t9-,11-,12+,13?,14+,20+,39+/m0/s1. The number of ether oxygens (including phenoxy) is 2. The van der Waals surface area contributed by atoms with Crippen molar-refractivity contribution in [2.24, 2.45) is 0 Å². The Kier molecular flexibility index (Phi) is 7.04. The molecule has 4 aromatic rings. The van der Waals surface area contributed by atoms with Gasteiger partial charge in [-0.2, -0.15) is 4.98 Å². The summed E-state index contributed by atoms with van der Waals surface area (Å²) in [5.41, 5.74) is 11.7. The molecule has 19 heteroatoms. The first kappa shape index (κ1) is 27.1. The van der Waals surface area contributed by atoms with E-state index in [2.05, 4.69) is 37.2 Å². The van der Waals surface area contributed by atoms with Crippen molar-refractivity contribution in [1.82, 2.24) is 34.1 Å². The van der Waals surface area contributed by atoms with Crippen LogP contribution in [0.25, 0.3) is 22.2 Å². The largest absolute Gasteiger partial charge is 0.394 e. The second-order valence-electron chi connectivity index (χ2n) is 9.40. The van der Waals surface area contributed by atoms with Crippen LogP contribution in [0.3, 0.4) is 0 Å². The van der Waals surface area contributed by atoms with E-state index in [9.17, 15) is 19.6 Å². The Morgan fingerprint density at radius 3 is 2.83 bits per heavy atom. The first-order valence-electron chi connectivity index (χ1n) is 12.2. The molecule has 40 heavy (non-hydrogen) atoms. The molecule has 1 unspecified atom stereocenters. The maximum absolute atomic E-state index is 13.3. The lowest BCUT2D eigenvalue weighted by molar-refractivity contribution is -0.0519. The zero-order chi connectivity index (χ0) is 28.2. The lowest BCUT2D eigenvalue weighted by Gasteiger charge is -2.24. The van der Waals surface area contributed by atoms with Crippen molar-refractivity contribution in [3.63, 3.8) is 0 Å². The molecule has 6 heterocycles. The number of nitrogens with zero attached hydrogens (tertiary/aromatic N) is 6. The molecule has 0 aliphatic carbocycles. The van der Waals surface area contributed by atoms with E-state index in [1.807, 2.05) is 0 Å². The van der Waals surface area contributed by atoms with Gasteiger partial charge in [0.1, 0.15) is 36.2 Å². The molecule has 0 bridgehead atoms. The van der Waals surface area contributed by atoms with E-state index in [1.54, 1.807) is 16.8 Å². The van der Waals surface area contributed by atoms with E-state index in [0.717, 1.165) is 0 Å². The summed E-state index contributed by atoms with van der Waals surface area (Å²) in [6, 6.07) is 1.75. The van der Waals surface area contributed by atoms with Crippen LogP contribution < -0.4 is 17.0 Å². The lowest BCUT2D eigenvalue weighted by Crippen LogP contribution is -2.27. The summed E-state index contributed by atoms with van der Waals surface area (Å²) < 4.78 is 39.4. The Bertz CT molecular complexity index is 1660. The van der Waals surface area contributed by atoms with Gasteiger partial charge in [0.05, 0.1) is 37.1 Å². The van der Waals surface area contributed by atoms with Crippen molar-refractivity contribution in [1.29, 1.82) is 0 Å². The Labute approximate surface area is 230 Å². The van der Waals surface area contributed by atoms with Crippen molar-refractivity contribution in [3.8, 4) is 0 Å². The molecule has 7 atom stereocenters. The molecule has 214 valence electrons. The Morgan fingerprint density at radius 2 is 2.02 bits per heavy atom. The third-order valence-electron chi connectivity index (χ3n) is 6.80. The second-order valence-corrected chi connectivity index (χ2v) is 12.3. The van der Waals surface area contributed by atoms with Crippen molar-refractivity contribution in [3.05, 3.63) is 35.3 Å². The first-order chi connectivity index (χ1) is 19.1. The fourth-order valence-electron chi connectivity index (χ4n) is 4.93. The number of hydrogen-bond donors (Lipinski definition) is 6. The fraction of sp³-hybridized carbons (Fsp3) is 0.476. The molecule has 17 nitrogen and oxygen atoms in total. The molecule has 7 N–H and O–H groups in total. The van der Waals surface area contributed by atoms with Crippen molar-refractivity contribution in [2.75, 3.05) is 24.7 Å². The monoisotopic (exact) mass is 595 g/mol. The van der Waals surface area contributed by atoms with Crippen molar-refractivity contribution >= 4 is 53.0 Å². The molecule has 2 aliphatic heterocycles. The Balaban J connectivity index is 1.15. The minimum atomic E-state index is -4.05. The van der Waals surface area contributed by atoms with Gasteiger partial charge in [-0.05, 0) is 6.07 Å². The van der Waals surface area contributed by atoms with Gasteiger partial charge < -0.3 is 35.7 Å². The number of imidazole rings is 1. The average molecular weight is 596 g/mol. The van der Waals surface area contributed by atoms with Gasteiger partial charge in [-0.25, -0.2) is 19.5 Å². The number of nitrogen functional groups attached to an aromatic ring is 2. The first-order valence-corrected chi connectivity index (χ1v) is 14.9. The van der Waals surface area contributed by atoms with E-state index < -0.39 is 49.2 Å². The fourth-order valence-corrected chi connectivity index (χ4v) is 6.42. The number of rotatable bonds is 8. The molecule has 0 saturated carbocycles. The number of nitrogens with one attached hydrogen (secondary N) is 1. The van der Waals surface area contributed by atoms with Gasteiger partial charge in [-0.15, -0.1) is 0 Å². The molecule has 4 aromatic heterocycles. The zero-order valence-electron chi connectivity index (χ0n) is 20.7. The highest BCUT2D eigenvalue weighted by molar-refractivity contribution is 8.44. The summed E-state index contributed by atoms with van der Waals surface area (Å²) in [4.78, 5) is 30.9. The van der Waals surface area contributed by atoms with Crippen LogP contribution in [0.4, 0.5) is 11.8 Å². The van der Waals surface area contributed by atoms with E-state index in [-0.39, 0.29) is 43.2 Å². The number of anilines is 2. The Morgan fingerprint density at radius 1 is 1.20 bits per heavy atom. The van der Waals surface area contributed by atoms with Gasteiger partial charge >= 0.3 is 6.80 Å². The molecule has 0 amide bonds. The molecule has 2 aliphatic rings. The molecular weight excluding hydrogens is 569 g/mol. The van der Waals surface area contributed by atoms with E-state index in [1.165, 1.54) is 17.2 Å². The van der Waals surface area contributed by atoms with Gasteiger partial charge in [-0.3, -0.25) is 23.4 Å². The molecule has 0 spiro atoms. The number of hydrogen-bond acceptors (Lipinski definition) is 14. The summed E-state index contributed by atoms with van der Waals surface area (Å²) in [6.07, 6.45) is -0.213. The summed E-state index contributed by atoms with van der Waals surface area (Å²) >= 11 is 4.11. The summed E-state index contributed by atoms with van der Waals surface area (Å²) in [7, 11) is 0. The Hall–Kier alpha value is -3.09. The molecular formula is C21H26N9O8PS. The van der Waals surface area contributed by atoms with Crippen LogP contribution in [0.1, 0.15) is 25.3 Å². The average Bonchev–Trinajstić information content (AvgIpc) is 3.68. The van der Waals surface area contributed by atoms with E-state index in [4.69, 9.17) is 30.0 Å². The molecule has 2 fully saturated rings. The number of aliphatic hydroxyl groups is 2. The molecule has 0 radical (unpaired) electrons. The number of aliphatic hydroxyl groups excluding tert-OH is 2. The number of aromatic amines is 1. The number of H-pyrrole nitrogens is 1. The van der Waals surface area contributed by atoms with Crippen LogP contribution in [-0.2, 0) is 23.1 Å². The third kappa shape index (κ3) is 4.97. The van der Waals surface area contributed by atoms with Crippen molar-refractivity contribution < 1.29 is 33.3 Å². The second kappa shape index (κ2) is 10.4. The van der Waals surface area contributed by atoms with Gasteiger partial charge in [-0.1, -0.05) is 12.2 Å². The van der Waals surface area contributed by atoms with Crippen LogP contribution in [0.15, 0.2) is 29.7 Å². The highest BCUT2D eigenvalue weighted by atomic mass is 32.7. The number of fused-ring (bicyclic) bond motifs is 2. The van der Waals surface area contributed by atoms with Crippen molar-refractivity contribution in [2.45, 2.75) is 49.7 Å². The smallest absolute Gasteiger partial charge is 0.386 e. The zero-order valence-corrected chi connectivity index (χ0v) is 22.5. The van der Waals surface area contributed by atoms with Crippen LogP contribution in [-0.4, -0.2) is 81.9 Å². The number of nitrogens with two attached hydrogens (primary N) is 2. The lowest BCUT2D eigenvalue weighted by atomic mass is 10.2. The molecule has 0 aromatic carbocycles. The van der Waals surface area contributed by atoms with Crippen LogP contribution in [0.2, 0.25) is 0 Å². The topological polar surface area (TPSA) is 241 Å². The number of thiol groups is 1. The molecule has 6 rings (SSSR count). The normalized spacial score (nSPS) is 28.5. The maximum Gasteiger partial charge on any atom is 0.386 e. The minimum absolute atomic E-state index is 0.0147. The van der Waals surface area contributed by atoms with E-state index >= 15 is 0 Å². The predicted molar refractivity (Wildman–Crippen MR) is 142 cm³/mol. The quantitative estimate of drug-likeness (QED) is 0.117. The molecule has 2 saturated heterocycles. The minimum Gasteiger partial charge on any atom is -0.394 e.